The van der Waals surface area contributed by atoms with Gasteiger partial charge in [-0.05, 0) is 38.4 Å². The summed E-state index contributed by atoms with van der Waals surface area (Å²) in [4.78, 5) is 10.3. The van der Waals surface area contributed by atoms with Gasteiger partial charge in [0.2, 0.25) is 0 Å². The molecule has 0 aliphatic heterocycles. The van der Waals surface area contributed by atoms with Gasteiger partial charge in [-0.1, -0.05) is 13.0 Å². The van der Waals surface area contributed by atoms with Gasteiger partial charge in [-0.3, -0.25) is 10.1 Å². The molecule has 0 aliphatic rings. The maximum Gasteiger partial charge on any atom is 0.272 e. The highest BCUT2D eigenvalue weighted by atomic mass is 16.6. The first kappa shape index (κ1) is 12.6. The van der Waals surface area contributed by atoms with Gasteiger partial charge >= 0.3 is 0 Å². The summed E-state index contributed by atoms with van der Waals surface area (Å²) in [7, 11) is 0. The molecule has 88 valence electrons. The average Bonchev–Trinajstić information content (AvgIpc) is 2.17. The molecule has 1 N–H and O–H groups in total. The van der Waals surface area contributed by atoms with Gasteiger partial charge in [-0.2, -0.15) is 0 Å². The second-order valence-electron chi connectivity index (χ2n) is 4.04. The van der Waals surface area contributed by atoms with Crippen LogP contribution in [0.2, 0.25) is 0 Å². The van der Waals surface area contributed by atoms with Gasteiger partial charge in [0.25, 0.3) is 5.69 Å². The fourth-order valence-corrected chi connectivity index (χ4v) is 1.82. The highest BCUT2D eigenvalue weighted by Gasteiger charge is 2.11. The maximum absolute atomic E-state index is 10.7. The first-order chi connectivity index (χ1) is 7.54. The van der Waals surface area contributed by atoms with Crippen molar-refractivity contribution in [1.29, 1.82) is 0 Å². The summed E-state index contributed by atoms with van der Waals surface area (Å²) in [6, 6.07) is 5.71. The highest BCUT2D eigenvalue weighted by Crippen LogP contribution is 2.19. The van der Waals surface area contributed by atoms with E-state index >= 15 is 0 Å². The minimum Gasteiger partial charge on any atom is -0.314 e. The van der Waals surface area contributed by atoms with Crippen molar-refractivity contribution in [1.82, 2.24) is 5.32 Å². The molecule has 0 aliphatic carbocycles. The average molecular weight is 222 g/mol. The van der Waals surface area contributed by atoms with Crippen LogP contribution in [-0.2, 0) is 6.42 Å². The van der Waals surface area contributed by atoms with Crippen molar-refractivity contribution in [3.63, 3.8) is 0 Å². The maximum atomic E-state index is 10.7. The Hall–Kier alpha value is -1.42. The van der Waals surface area contributed by atoms with Crippen molar-refractivity contribution in [2.45, 2.75) is 33.2 Å². The van der Waals surface area contributed by atoms with Gasteiger partial charge in [-0.15, -0.1) is 0 Å². The quantitative estimate of drug-likeness (QED) is 0.615. The second kappa shape index (κ2) is 5.61. The number of nitro benzene ring substituents is 1. The molecule has 1 aromatic carbocycles. The van der Waals surface area contributed by atoms with Gasteiger partial charge in [-0.25, -0.2) is 0 Å². The Labute approximate surface area is 95.8 Å². The molecule has 4 nitrogen and oxygen atoms in total. The standard InChI is InChI=1S/C12H18N2O2/c1-4-13-10(3)8-11-5-6-12(14(15)16)9(2)7-11/h5-7,10,13H,4,8H2,1-3H3. The lowest BCUT2D eigenvalue weighted by molar-refractivity contribution is -0.385. The van der Waals surface area contributed by atoms with E-state index in [0.29, 0.717) is 6.04 Å². The van der Waals surface area contributed by atoms with Crippen LogP contribution in [0.15, 0.2) is 18.2 Å². The molecule has 0 spiro atoms. The number of likely N-dealkylation sites (N-methyl/N-ethyl adjacent to an activating group) is 1. The number of aryl methyl sites for hydroxylation is 1. The lowest BCUT2D eigenvalue weighted by Crippen LogP contribution is -2.27. The van der Waals surface area contributed by atoms with Crippen LogP contribution in [0.1, 0.15) is 25.0 Å². The van der Waals surface area contributed by atoms with E-state index in [2.05, 4.69) is 19.2 Å². The summed E-state index contributed by atoms with van der Waals surface area (Å²) in [5.74, 6) is 0. The van der Waals surface area contributed by atoms with E-state index < -0.39 is 0 Å². The van der Waals surface area contributed by atoms with E-state index in [-0.39, 0.29) is 10.6 Å². The molecule has 0 aromatic heterocycles. The predicted molar refractivity (Wildman–Crippen MR) is 64.7 cm³/mol. The van der Waals surface area contributed by atoms with Crippen LogP contribution in [0.4, 0.5) is 5.69 Å². The lowest BCUT2D eigenvalue weighted by Gasteiger charge is -2.12. The Bertz CT molecular complexity index is 377. The smallest absolute Gasteiger partial charge is 0.272 e. The molecule has 1 unspecified atom stereocenters. The van der Waals surface area contributed by atoms with Gasteiger partial charge in [0, 0.05) is 17.7 Å². The molecule has 0 saturated carbocycles. The Kier molecular flexibility index (Phi) is 4.43. The Morgan fingerprint density at radius 1 is 1.50 bits per heavy atom. The normalized spacial score (nSPS) is 12.4. The van der Waals surface area contributed by atoms with Gasteiger partial charge in [0.15, 0.2) is 0 Å². The number of hydrogen-bond donors (Lipinski definition) is 1. The molecule has 0 amide bonds. The van der Waals surface area contributed by atoms with Crippen LogP contribution in [0.5, 0.6) is 0 Å². The Morgan fingerprint density at radius 3 is 2.69 bits per heavy atom. The minimum absolute atomic E-state index is 0.194. The third-order valence-corrected chi connectivity index (χ3v) is 2.55. The fourth-order valence-electron chi connectivity index (χ4n) is 1.82. The van der Waals surface area contributed by atoms with E-state index in [1.54, 1.807) is 13.0 Å². The largest absolute Gasteiger partial charge is 0.314 e. The fraction of sp³-hybridized carbons (Fsp3) is 0.500. The molecule has 1 atom stereocenters. The van der Waals surface area contributed by atoms with E-state index in [0.717, 1.165) is 24.1 Å². The first-order valence-electron chi connectivity index (χ1n) is 5.52. The van der Waals surface area contributed by atoms with Crippen molar-refractivity contribution in [3.8, 4) is 0 Å². The number of rotatable bonds is 5. The SMILES string of the molecule is CCNC(C)Cc1ccc([N+](=O)[O-])c(C)c1. The van der Waals surface area contributed by atoms with Crippen LogP contribution in [-0.4, -0.2) is 17.5 Å². The topological polar surface area (TPSA) is 55.2 Å². The molecule has 0 radical (unpaired) electrons. The Morgan fingerprint density at radius 2 is 2.19 bits per heavy atom. The lowest BCUT2D eigenvalue weighted by atomic mass is 10.0. The van der Waals surface area contributed by atoms with Crippen LogP contribution < -0.4 is 5.32 Å². The molecule has 0 saturated heterocycles. The van der Waals surface area contributed by atoms with Crippen molar-refractivity contribution in [2.75, 3.05) is 6.54 Å². The monoisotopic (exact) mass is 222 g/mol. The minimum atomic E-state index is -0.340. The number of nitrogens with one attached hydrogen (secondary N) is 1. The molecule has 1 aromatic rings. The first-order valence-corrected chi connectivity index (χ1v) is 5.52. The molecular formula is C12H18N2O2. The second-order valence-corrected chi connectivity index (χ2v) is 4.04. The zero-order valence-corrected chi connectivity index (χ0v) is 9.99. The molecule has 0 fully saturated rings. The van der Waals surface area contributed by atoms with Crippen molar-refractivity contribution in [3.05, 3.63) is 39.4 Å². The summed E-state index contributed by atoms with van der Waals surface area (Å²) in [6.45, 7) is 6.89. The summed E-state index contributed by atoms with van der Waals surface area (Å²) in [5.41, 5.74) is 2.06. The number of benzene rings is 1. The van der Waals surface area contributed by atoms with Crippen molar-refractivity contribution < 1.29 is 4.92 Å². The molecule has 4 heteroatoms. The number of nitrogens with zero attached hydrogens (tertiary/aromatic N) is 1. The van der Waals surface area contributed by atoms with Crippen LogP contribution in [0.3, 0.4) is 0 Å². The summed E-state index contributed by atoms with van der Waals surface area (Å²) in [5, 5.41) is 14.0. The Balaban J connectivity index is 2.77. The molecule has 0 bridgehead atoms. The van der Waals surface area contributed by atoms with E-state index in [1.165, 1.54) is 0 Å². The van der Waals surface area contributed by atoms with Gasteiger partial charge in [0.1, 0.15) is 0 Å². The number of nitro groups is 1. The summed E-state index contributed by atoms with van der Waals surface area (Å²) < 4.78 is 0. The van der Waals surface area contributed by atoms with E-state index in [1.807, 2.05) is 12.1 Å². The summed E-state index contributed by atoms with van der Waals surface area (Å²) >= 11 is 0. The third-order valence-electron chi connectivity index (χ3n) is 2.55. The molecule has 0 heterocycles. The third kappa shape index (κ3) is 3.31. The van der Waals surface area contributed by atoms with Gasteiger partial charge < -0.3 is 5.32 Å². The van der Waals surface area contributed by atoms with Crippen molar-refractivity contribution >= 4 is 5.69 Å². The predicted octanol–water partition coefficient (Wildman–Crippen LogP) is 2.44. The summed E-state index contributed by atoms with van der Waals surface area (Å²) in [6.07, 6.45) is 0.896. The molecular weight excluding hydrogens is 204 g/mol. The zero-order valence-electron chi connectivity index (χ0n) is 9.99. The van der Waals surface area contributed by atoms with Crippen LogP contribution >= 0.6 is 0 Å². The van der Waals surface area contributed by atoms with Gasteiger partial charge in [0.05, 0.1) is 4.92 Å². The van der Waals surface area contributed by atoms with Crippen LogP contribution in [0.25, 0.3) is 0 Å². The zero-order chi connectivity index (χ0) is 12.1. The molecule has 16 heavy (non-hydrogen) atoms. The highest BCUT2D eigenvalue weighted by molar-refractivity contribution is 5.41. The van der Waals surface area contributed by atoms with E-state index in [4.69, 9.17) is 0 Å². The number of hydrogen-bond acceptors (Lipinski definition) is 3. The molecule has 1 rings (SSSR count). The van der Waals surface area contributed by atoms with Crippen molar-refractivity contribution in [2.24, 2.45) is 0 Å². The van der Waals surface area contributed by atoms with Crippen LogP contribution in [0, 0.1) is 17.0 Å². The van der Waals surface area contributed by atoms with E-state index in [9.17, 15) is 10.1 Å².